The number of anilines is 2. The van der Waals surface area contributed by atoms with Gasteiger partial charge in [-0.3, -0.25) is 4.79 Å². The van der Waals surface area contributed by atoms with Crippen LogP contribution in [-0.4, -0.2) is 70.5 Å². The molecular formula is C31H39N7O5S. The van der Waals surface area contributed by atoms with Gasteiger partial charge in [0.05, 0.1) is 11.7 Å². The number of hydrogen-bond donors (Lipinski definition) is 3. The molecule has 44 heavy (non-hydrogen) atoms. The summed E-state index contributed by atoms with van der Waals surface area (Å²) in [6.45, 7) is 5.86. The fraction of sp³-hybridized carbons (Fsp3) is 0.548. The molecule has 0 radical (unpaired) electrons. The first-order valence-electron chi connectivity index (χ1n) is 15.5. The second kappa shape index (κ2) is 10.7. The Bertz CT molecular complexity index is 1690. The number of pyridine rings is 2. The smallest absolute Gasteiger partial charge is 0.281 e. The Morgan fingerprint density at radius 2 is 1.93 bits per heavy atom. The van der Waals surface area contributed by atoms with Crippen molar-refractivity contribution in [2.24, 2.45) is 17.3 Å². The monoisotopic (exact) mass is 621 g/mol. The minimum Gasteiger partial charge on any atom is -0.474 e. The van der Waals surface area contributed by atoms with E-state index in [4.69, 9.17) is 9.72 Å². The number of fused-ring (bicyclic) bond motifs is 5. The number of aliphatic hydroxyl groups is 1. The summed E-state index contributed by atoms with van der Waals surface area (Å²) in [5.41, 5.74) is -0.0585. The van der Waals surface area contributed by atoms with Crippen molar-refractivity contribution in [2.75, 3.05) is 29.9 Å². The molecule has 1 amide bonds. The van der Waals surface area contributed by atoms with Crippen LogP contribution in [0.5, 0.6) is 5.88 Å². The third-order valence-corrected chi connectivity index (χ3v) is 11.1. The third-order valence-electron chi connectivity index (χ3n) is 9.88. The topological polar surface area (TPSA) is 152 Å². The predicted octanol–water partition coefficient (Wildman–Crippen LogP) is 3.52. The average Bonchev–Trinajstić information content (AvgIpc) is 3.43. The first kappa shape index (κ1) is 29.0. The summed E-state index contributed by atoms with van der Waals surface area (Å²) in [5, 5.41) is 18.1. The highest BCUT2D eigenvalue weighted by Crippen LogP contribution is 2.64. The summed E-state index contributed by atoms with van der Waals surface area (Å²) in [6.07, 6.45) is 8.46. The molecule has 2 saturated carbocycles. The number of aliphatic hydroxyl groups excluding tert-OH is 1. The summed E-state index contributed by atoms with van der Waals surface area (Å²) in [5.74, 6) is 1.69. The zero-order valence-electron chi connectivity index (χ0n) is 25.1. The van der Waals surface area contributed by atoms with Crippen molar-refractivity contribution in [1.82, 2.24) is 24.5 Å². The molecule has 4 aliphatic rings. The standard InChI is InChI=1S/C31H39N7O5S/c1-30(2)18-31-16-21(31)12-14-32-24-8-5-9-27(33-24)44(41,42)36-29(40)22-10-11-25(34-28(22)37(30)19-31)38-15-13-26(35-38)43-17-23(39)20-6-3-4-7-20/h5,8-11,13,15,20-21,23,39H,3-4,6-7,12,14,16-19H2,1-2H3,(H,32,33)(H,36,40). The van der Waals surface area contributed by atoms with Gasteiger partial charge < -0.3 is 20.1 Å². The van der Waals surface area contributed by atoms with Gasteiger partial charge in [-0.1, -0.05) is 18.9 Å². The lowest BCUT2D eigenvalue weighted by Crippen LogP contribution is -2.41. The van der Waals surface area contributed by atoms with Crippen molar-refractivity contribution in [3.05, 3.63) is 48.2 Å². The molecule has 5 heterocycles. The van der Waals surface area contributed by atoms with Crippen LogP contribution in [0.4, 0.5) is 11.6 Å². The second-order valence-electron chi connectivity index (χ2n) is 13.4. The molecular weight excluding hydrogens is 582 g/mol. The van der Waals surface area contributed by atoms with Gasteiger partial charge in [-0.15, -0.1) is 5.10 Å². The van der Waals surface area contributed by atoms with Gasteiger partial charge in [0.25, 0.3) is 15.9 Å². The van der Waals surface area contributed by atoms with E-state index < -0.39 is 22.0 Å². The van der Waals surface area contributed by atoms with E-state index in [-0.39, 0.29) is 34.1 Å². The largest absolute Gasteiger partial charge is 0.474 e. The molecule has 0 aromatic carbocycles. The Morgan fingerprint density at radius 1 is 1.11 bits per heavy atom. The maximum absolute atomic E-state index is 13.7. The Morgan fingerprint density at radius 3 is 2.75 bits per heavy atom. The molecule has 4 bridgehead atoms. The molecule has 13 heteroatoms. The molecule has 3 aromatic rings. The lowest BCUT2D eigenvalue weighted by molar-refractivity contribution is 0.0574. The number of amides is 1. The number of nitrogens with one attached hydrogen (secondary N) is 2. The number of carbonyl (C=O) groups excluding carboxylic acids is 1. The Labute approximate surface area is 257 Å². The van der Waals surface area contributed by atoms with Gasteiger partial charge in [0.2, 0.25) is 5.88 Å². The molecule has 2 aliphatic carbocycles. The number of carbonyl (C=O) groups is 1. The lowest BCUT2D eigenvalue weighted by Gasteiger charge is -2.33. The summed E-state index contributed by atoms with van der Waals surface area (Å²) < 4.78 is 36.1. The lowest BCUT2D eigenvalue weighted by atomic mass is 9.92. The number of ether oxygens (including phenoxy) is 1. The van der Waals surface area contributed by atoms with Crippen LogP contribution in [0.25, 0.3) is 5.82 Å². The highest BCUT2D eigenvalue weighted by Gasteiger charge is 2.62. The van der Waals surface area contributed by atoms with Gasteiger partial charge in [0, 0.05) is 30.9 Å². The van der Waals surface area contributed by atoms with Crippen molar-refractivity contribution in [3.63, 3.8) is 0 Å². The maximum atomic E-state index is 13.7. The van der Waals surface area contributed by atoms with Crippen LogP contribution in [0, 0.1) is 17.3 Å². The summed E-state index contributed by atoms with van der Waals surface area (Å²) in [4.78, 5) is 25.0. The van der Waals surface area contributed by atoms with Gasteiger partial charge >= 0.3 is 0 Å². The summed E-state index contributed by atoms with van der Waals surface area (Å²) >= 11 is 0. The Kier molecular flexibility index (Phi) is 7.07. The SMILES string of the molecule is CC1(C)CC23CC2CCNc2cccc(n2)S(=O)(=O)NC(=O)c2ccc(-n4ccc(OCC(O)C5CCCC5)n4)nc2N1C3. The average molecular weight is 622 g/mol. The van der Waals surface area contributed by atoms with Crippen LogP contribution in [0.3, 0.4) is 0 Å². The number of hydrogen-bond acceptors (Lipinski definition) is 10. The van der Waals surface area contributed by atoms with E-state index in [2.05, 4.69) is 38.9 Å². The molecule has 234 valence electrons. The Hall–Kier alpha value is -3.71. The van der Waals surface area contributed by atoms with E-state index >= 15 is 0 Å². The van der Waals surface area contributed by atoms with Crippen LogP contribution < -0.4 is 19.7 Å². The van der Waals surface area contributed by atoms with Crippen molar-refractivity contribution < 1.29 is 23.1 Å². The van der Waals surface area contributed by atoms with Crippen molar-refractivity contribution >= 4 is 27.6 Å². The molecule has 3 aromatic heterocycles. The third kappa shape index (κ3) is 5.40. The second-order valence-corrected chi connectivity index (χ2v) is 15.0. The predicted molar refractivity (Wildman–Crippen MR) is 163 cm³/mol. The highest BCUT2D eigenvalue weighted by atomic mass is 32.2. The fourth-order valence-corrected chi connectivity index (χ4v) is 8.46. The molecule has 3 N–H and O–H groups in total. The van der Waals surface area contributed by atoms with Gasteiger partial charge in [0.1, 0.15) is 18.2 Å². The van der Waals surface area contributed by atoms with E-state index in [1.807, 2.05) is 0 Å². The van der Waals surface area contributed by atoms with Crippen LogP contribution in [-0.2, 0) is 10.0 Å². The first-order chi connectivity index (χ1) is 21.0. The van der Waals surface area contributed by atoms with Crippen LogP contribution in [0.15, 0.2) is 47.6 Å². The van der Waals surface area contributed by atoms with Gasteiger partial charge in [-0.05, 0) is 87.5 Å². The Balaban J connectivity index is 1.22. The normalized spacial score (nSPS) is 26.4. The highest BCUT2D eigenvalue weighted by molar-refractivity contribution is 7.90. The molecule has 7 rings (SSSR count). The van der Waals surface area contributed by atoms with Crippen molar-refractivity contribution in [3.8, 4) is 11.7 Å². The zero-order valence-corrected chi connectivity index (χ0v) is 25.9. The van der Waals surface area contributed by atoms with E-state index in [0.29, 0.717) is 42.3 Å². The number of rotatable bonds is 5. The first-order valence-corrected chi connectivity index (χ1v) is 17.0. The number of nitrogens with zero attached hydrogens (tertiary/aromatic N) is 5. The molecule has 12 nitrogen and oxygen atoms in total. The van der Waals surface area contributed by atoms with Crippen molar-refractivity contribution in [2.45, 2.75) is 75.5 Å². The van der Waals surface area contributed by atoms with Crippen LogP contribution >= 0.6 is 0 Å². The fourth-order valence-electron chi connectivity index (χ4n) is 7.53. The summed E-state index contributed by atoms with van der Waals surface area (Å²) in [6, 6.07) is 9.67. The molecule has 1 spiro atoms. The zero-order chi connectivity index (χ0) is 30.7. The van der Waals surface area contributed by atoms with Gasteiger partial charge in [0.15, 0.2) is 10.8 Å². The van der Waals surface area contributed by atoms with Crippen LogP contribution in [0.1, 0.15) is 69.2 Å². The van der Waals surface area contributed by atoms with Crippen LogP contribution in [0.2, 0.25) is 0 Å². The van der Waals surface area contributed by atoms with Crippen molar-refractivity contribution in [1.29, 1.82) is 0 Å². The van der Waals surface area contributed by atoms with E-state index in [1.54, 1.807) is 41.2 Å². The van der Waals surface area contributed by atoms with Gasteiger partial charge in [-0.2, -0.15) is 8.42 Å². The number of sulfonamides is 1. The van der Waals surface area contributed by atoms with E-state index in [9.17, 15) is 18.3 Å². The van der Waals surface area contributed by atoms with E-state index in [1.165, 1.54) is 6.07 Å². The maximum Gasteiger partial charge on any atom is 0.281 e. The van der Waals surface area contributed by atoms with E-state index in [0.717, 1.165) is 44.9 Å². The minimum absolute atomic E-state index is 0.102. The molecule has 1 saturated heterocycles. The molecule has 3 fully saturated rings. The molecule has 2 aliphatic heterocycles. The van der Waals surface area contributed by atoms with Gasteiger partial charge in [-0.25, -0.2) is 19.4 Å². The molecule has 3 unspecified atom stereocenters. The minimum atomic E-state index is -4.25. The number of aromatic nitrogens is 4. The summed E-state index contributed by atoms with van der Waals surface area (Å²) in [7, 11) is -4.25. The quantitative estimate of drug-likeness (QED) is 0.386. The molecule has 3 atom stereocenters.